The van der Waals surface area contributed by atoms with Gasteiger partial charge in [0.05, 0.1) is 11.7 Å². The molecule has 1 fully saturated rings. The fourth-order valence-corrected chi connectivity index (χ4v) is 2.62. The molecule has 2 aromatic heterocycles. The molecule has 1 aliphatic rings. The van der Waals surface area contributed by atoms with Crippen molar-refractivity contribution in [1.29, 1.82) is 0 Å². The standard InChI is InChI=1S/C9H11N5S/c1-2-6(10-3-1)7-4-15-9(13-7)8-11-5-12-14-8/h4-6,10H,1-3H2,(H,11,12,14)/t6-/m0/s1. The molecule has 2 aromatic rings. The lowest BCUT2D eigenvalue weighted by molar-refractivity contribution is 0.632. The first kappa shape index (κ1) is 8.99. The van der Waals surface area contributed by atoms with Crippen LogP contribution in [0.1, 0.15) is 24.6 Å². The molecule has 5 nitrogen and oxygen atoms in total. The molecule has 1 atom stereocenters. The van der Waals surface area contributed by atoms with Crippen LogP contribution < -0.4 is 5.32 Å². The van der Waals surface area contributed by atoms with E-state index in [0.717, 1.165) is 23.1 Å². The minimum Gasteiger partial charge on any atom is -0.309 e. The van der Waals surface area contributed by atoms with Crippen molar-refractivity contribution in [3.63, 3.8) is 0 Å². The predicted octanol–water partition coefficient (Wildman–Crippen LogP) is 1.35. The monoisotopic (exact) mass is 221 g/mol. The van der Waals surface area contributed by atoms with E-state index in [1.54, 1.807) is 11.3 Å². The molecular formula is C9H11N5S. The summed E-state index contributed by atoms with van der Waals surface area (Å²) < 4.78 is 0. The average molecular weight is 221 g/mol. The molecule has 2 N–H and O–H groups in total. The van der Waals surface area contributed by atoms with Crippen molar-refractivity contribution in [3.8, 4) is 10.8 Å². The van der Waals surface area contributed by atoms with Crippen LogP contribution in [0.2, 0.25) is 0 Å². The molecule has 0 saturated carbocycles. The van der Waals surface area contributed by atoms with Gasteiger partial charge in [-0.15, -0.1) is 11.3 Å². The van der Waals surface area contributed by atoms with Gasteiger partial charge in [0.1, 0.15) is 6.33 Å². The number of rotatable bonds is 2. The third kappa shape index (κ3) is 1.66. The molecular weight excluding hydrogens is 210 g/mol. The van der Waals surface area contributed by atoms with Gasteiger partial charge in [0.15, 0.2) is 10.8 Å². The van der Waals surface area contributed by atoms with Crippen LogP contribution >= 0.6 is 11.3 Å². The summed E-state index contributed by atoms with van der Waals surface area (Å²) in [5.41, 5.74) is 1.13. The number of nitrogens with zero attached hydrogens (tertiary/aromatic N) is 3. The number of hydrogen-bond acceptors (Lipinski definition) is 5. The highest BCUT2D eigenvalue weighted by molar-refractivity contribution is 7.13. The zero-order chi connectivity index (χ0) is 10.1. The van der Waals surface area contributed by atoms with Crippen LogP contribution in [0.25, 0.3) is 10.8 Å². The summed E-state index contributed by atoms with van der Waals surface area (Å²) in [5, 5.41) is 13.1. The number of nitrogens with one attached hydrogen (secondary N) is 2. The van der Waals surface area contributed by atoms with Crippen LogP contribution in [0, 0.1) is 0 Å². The third-order valence-corrected chi connectivity index (χ3v) is 3.42. The highest BCUT2D eigenvalue weighted by Gasteiger charge is 2.19. The van der Waals surface area contributed by atoms with E-state index in [0.29, 0.717) is 6.04 Å². The van der Waals surface area contributed by atoms with Gasteiger partial charge >= 0.3 is 0 Å². The molecule has 0 amide bonds. The second kappa shape index (κ2) is 3.71. The Balaban J connectivity index is 1.87. The lowest BCUT2D eigenvalue weighted by atomic mass is 10.2. The molecule has 0 spiro atoms. The summed E-state index contributed by atoms with van der Waals surface area (Å²) in [6.45, 7) is 1.10. The van der Waals surface area contributed by atoms with Crippen molar-refractivity contribution in [1.82, 2.24) is 25.5 Å². The smallest absolute Gasteiger partial charge is 0.184 e. The van der Waals surface area contributed by atoms with E-state index in [2.05, 4.69) is 30.9 Å². The molecule has 0 bridgehead atoms. The van der Waals surface area contributed by atoms with Crippen molar-refractivity contribution in [2.45, 2.75) is 18.9 Å². The van der Waals surface area contributed by atoms with Crippen molar-refractivity contribution >= 4 is 11.3 Å². The lowest BCUT2D eigenvalue weighted by Gasteiger charge is -2.04. The molecule has 0 aromatic carbocycles. The van der Waals surface area contributed by atoms with Crippen molar-refractivity contribution in [3.05, 3.63) is 17.4 Å². The summed E-state index contributed by atoms with van der Waals surface area (Å²) >= 11 is 1.61. The Labute approximate surface area is 91.0 Å². The zero-order valence-corrected chi connectivity index (χ0v) is 8.92. The van der Waals surface area contributed by atoms with Gasteiger partial charge in [-0.2, -0.15) is 5.10 Å². The highest BCUT2D eigenvalue weighted by Crippen LogP contribution is 2.27. The third-order valence-electron chi connectivity index (χ3n) is 2.56. The first-order chi connectivity index (χ1) is 7.43. The Bertz CT molecular complexity index is 429. The summed E-state index contributed by atoms with van der Waals surface area (Å²) in [5.74, 6) is 0.754. The van der Waals surface area contributed by atoms with Crippen LogP contribution in [0.3, 0.4) is 0 Å². The number of thiazole rings is 1. The normalized spacial score (nSPS) is 20.9. The van der Waals surface area contributed by atoms with Crippen LogP contribution in [0.4, 0.5) is 0 Å². The first-order valence-electron chi connectivity index (χ1n) is 4.98. The summed E-state index contributed by atoms with van der Waals surface area (Å²) in [6, 6.07) is 0.429. The lowest BCUT2D eigenvalue weighted by Crippen LogP contribution is -2.12. The second-order valence-corrected chi connectivity index (χ2v) is 4.42. The molecule has 1 saturated heterocycles. The van der Waals surface area contributed by atoms with Crippen molar-refractivity contribution in [2.24, 2.45) is 0 Å². The number of aromatic amines is 1. The largest absolute Gasteiger partial charge is 0.309 e. The Morgan fingerprint density at radius 3 is 3.20 bits per heavy atom. The fraction of sp³-hybridized carbons (Fsp3) is 0.444. The van der Waals surface area contributed by atoms with E-state index in [1.165, 1.54) is 19.2 Å². The maximum atomic E-state index is 4.56. The molecule has 0 aliphatic carbocycles. The van der Waals surface area contributed by atoms with Gasteiger partial charge in [-0.1, -0.05) is 0 Å². The maximum Gasteiger partial charge on any atom is 0.184 e. The molecule has 78 valence electrons. The maximum absolute atomic E-state index is 4.56. The van der Waals surface area contributed by atoms with Crippen molar-refractivity contribution in [2.75, 3.05) is 6.54 Å². The van der Waals surface area contributed by atoms with E-state index in [4.69, 9.17) is 0 Å². The molecule has 6 heteroatoms. The topological polar surface area (TPSA) is 66.5 Å². The van der Waals surface area contributed by atoms with Gasteiger partial charge in [-0.05, 0) is 19.4 Å². The quantitative estimate of drug-likeness (QED) is 0.803. The van der Waals surface area contributed by atoms with E-state index >= 15 is 0 Å². The second-order valence-electron chi connectivity index (χ2n) is 3.56. The predicted molar refractivity (Wildman–Crippen MR) is 57.5 cm³/mol. The Hall–Kier alpha value is -1.27. The van der Waals surface area contributed by atoms with Crippen molar-refractivity contribution < 1.29 is 0 Å². The number of aromatic nitrogens is 4. The first-order valence-corrected chi connectivity index (χ1v) is 5.86. The average Bonchev–Trinajstić information content (AvgIpc) is 3.02. The fourth-order valence-electron chi connectivity index (χ4n) is 1.80. The molecule has 1 aliphatic heterocycles. The van der Waals surface area contributed by atoms with Gasteiger partial charge in [0, 0.05) is 5.38 Å². The summed E-state index contributed by atoms with van der Waals surface area (Å²) in [7, 11) is 0. The molecule has 0 unspecified atom stereocenters. The molecule has 0 radical (unpaired) electrons. The SMILES string of the molecule is c1n[nH]c(-c2nc([C@@H]3CCCN3)cs2)n1. The van der Waals surface area contributed by atoms with Crippen LogP contribution in [0.5, 0.6) is 0 Å². The minimum absolute atomic E-state index is 0.429. The van der Waals surface area contributed by atoms with Gasteiger partial charge in [0.2, 0.25) is 0 Å². The van der Waals surface area contributed by atoms with E-state index in [1.807, 2.05) is 0 Å². The highest BCUT2D eigenvalue weighted by atomic mass is 32.1. The van der Waals surface area contributed by atoms with Gasteiger partial charge in [-0.3, -0.25) is 5.10 Å². The molecule has 15 heavy (non-hydrogen) atoms. The van der Waals surface area contributed by atoms with Crippen LogP contribution in [-0.2, 0) is 0 Å². The minimum atomic E-state index is 0.429. The molecule has 3 rings (SSSR count). The summed E-state index contributed by atoms with van der Waals surface area (Å²) in [4.78, 5) is 8.64. The Morgan fingerprint density at radius 1 is 1.47 bits per heavy atom. The summed E-state index contributed by atoms with van der Waals surface area (Å²) in [6.07, 6.45) is 3.92. The van der Waals surface area contributed by atoms with Crippen LogP contribution in [-0.4, -0.2) is 26.7 Å². The van der Waals surface area contributed by atoms with E-state index in [-0.39, 0.29) is 0 Å². The van der Waals surface area contributed by atoms with Crippen LogP contribution in [0.15, 0.2) is 11.7 Å². The van der Waals surface area contributed by atoms with E-state index in [9.17, 15) is 0 Å². The molecule has 3 heterocycles. The number of hydrogen-bond donors (Lipinski definition) is 2. The van der Waals surface area contributed by atoms with E-state index < -0.39 is 0 Å². The Kier molecular flexibility index (Phi) is 2.22. The van der Waals surface area contributed by atoms with Gasteiger partial charge in [0.25, 0.3) is 0 Å². The Morgan fingerprint density at radius 2 is 2.47 bits per heavy atom. The number of H-pyrrole nitrogens is 1. The van der Waals surface area contributed by atoms with Gasteiger partial charge in [-0.25, -0.2) is 9.97 Å². The van der Waals surface area contributed by atoms with Gasteiger partial charge < -0.3 is 5.32 Å². The zero-order valence-electron chi connectivity index (χ0n) is 8.10.